The standard InChI is InChI=1S/C19H28N4O/c1-2-20-19(23-13-15-6-5-9-18(15)24)21-11-10-14-12-22-17-8-4-3-7-16(14)17/h3-4,7-8,12,15,18,22,24H,2,5-6,9-11,13H2,1H3,(H2,20,21,23). The van der Waals surface area contributed by atoms with Gasteiger partial charge in [-0.3, -0.25) is 4.99 Å². The molecule has 0 amide bonds. The van der Waals surface area contributed by atoms with Gasteiger partial charge in [0.05, 0.1) is 6.10 Å². The fourth-order valence-electron chi connectivity index (χ4n) is 3.43. The molecule has 0 aliphatic heterocycles. The maximum absolute atomic E-state index is 9.92. The Hall–Kier alpha value is -2.01. The van der Waals surface area contributed by atoms with Crippen LogP contribution in [-0.2, 0) is 6.42 Å². The number of aliphatic hydroxyl groups is 1. The number of fused-ring (bicyclic) bond motifs is 1. The van der Waals surface area contributed by atoms with E-state index in [9.17, 15) is 5.11 Å². The molecule has 0 spiro atoms. The molecule has 1 saturated carbocycles. The summed E-state index contributed by atoms with van der Waals surface area (Å²) in [4.78, 5) is 7.97. The lowest BCUT2D eigenvalue weighted by atomic mass is 10.1. The van der Waals surface area contributed by atoms with Gasteiger partial charge < -0.3 is 20.7 Å². The van der Waals surface area contributed by atoms with E-state index in [1.807, 2.05) is 6.07 Å². The molecule has 0 bridgehead atoms. The lowest BCUT2D eigenvalue weighted by Crippen LogP contribution is -2.38. The Bertz CT molecular complexity index is 679. The Morgan fingerprint density at radius 1 is 1.29 bits per heavy atom. The quantitative estimate of drug-likeness (QED) is 0.486. The topological polar surface area (TPSA) is 72.4 Å². The number of aromatic amines is 1. The summed E-state index contributed by atoms with van der Waals surface area (Å²) in [6.07, 6.45) is 5.98. The smallest absolute Gasteiger partial charge is 0.191 e. The van der Waals surface area contributed by atoms with Gasteiger partial charge in [-0.2, -0.15) is 0 Å². The van der Waals surface area contributed by atoms with Gasteiger partial charge in [-0.15, -0.1) is 0 Å². The summed E-state index contributed by atoms with van der Waals surface area (Å²) in [5, 5.41) is 17.9. The maximum atomic E-state index is 9.92. The molecule has 5 nitrogen and oxygen atoms in total. The molecular weight excluding hydrogens is 300 g/mol. The van der Waals surface area contributed by atoms with Crippen molar-refractivity contribution in [2.45, 2.75) is 38.7 Å². The second-order valence-corrected chi connectivity index (χ2v) is 6.51. The Morgan fingerprint density at radius 3 is 2.96 bits per heavy atom. The number of para-hydroxylation sites is 1. The molecule has 1 aliphatic rings. The SMILES string of the molecule is CCNC(=NCC1CCCC1O)NCCc1c[nH]c2ccccc12. The predicted octanol–water partition coefficient (Wildman–Crippen LogP) is 2.43. The third-order valence-electron chi connectivity index (χ3n) is 4.81. The van der Waals surface area contributed by atoms with Crippen molar-refractivity contribution < 1.29 is 5.11 Å². The van der Waals surface area contributed by atoms with Crippen LogP contribution in [0.4, 0.5) is 0 Å². The van der Waals surface area contributed by atoms with E-state index in [0.717, 1.165) is 44.7 Å². The van der Waals surface area contributed by atoms with Gasteiger partial charge in [0.2, 0.25) is 0 Å². The van der Waals surface area contributed by atoms with Gasteiger partial charge in [-0.05, 0) is 37.8 Å². The minimum absolute atomic E-state index is 0.178. The highest BCUT2D eigenvalue weighted by atomic mass is 16.3. The van der Waals surface area contributed by atoms with Crippen LogP contribution in [0.15, 0.2) is 35.5 Å². The number of H-pyrrole nitrogens is 1. The fourth-order valence-corrected chi connectivity index (χ4v) is 3.43. The highest BCUT2D eigenvalue weighted by Crippen LogP contribution is 2.25. The summed E-state index contributed by atoms with van der Waals surface area (Å²) in [5.74, 6) is 1.16. The minimum atomic E-state index is -0.178. The van der Waals surface area contributed by atoms with Crippen molar-refractivity contribution in [1.29, 1.82) is 0 Å². The van der Waals surface area contributed by atoms with Gasteiger partial charge in [0.25, 0.3) is 0 Å². The summed E-state index contributed by atoms with van der Waals surface area (Å²) in [5.41, 5.74) is 2.50. The first-order valence-corrected chi connectivity index (χ1v) is 9.03. The Kier molecular flexibility index (Phi) is 5.75. The highest BCUT2D eigenvalue weighted by Gasteiger charge is 2.24. The molecule has 2 unspecified atom stereocenters. The summed E-state index contributed by atoms with van der Waals surface area (Å²) in [6.45, 7) is 4.44. The average molecular weight is 328 g/mol. The fraction of sp³-hybridized carbons (Fsp3) is 0.526. The number of benzene rings is 1. The van der Waals surface area contributed by atoms with Gasteiger partial charge in [-0.25, -0.2) is 0 Å². The van der Waals surface area contributed by atoms with Gasteiger partial charge in [0, 0.05) is 42.7 Å². The molecular formula is C19H28N4O. The number of hydrogen-bond donors (Lipinski definition) is 4. The molecule has 130 valence electrons. The molecule has 4 N–H and O–H groups in total. The number of nitrogens with one attached hydrogen (secondary N) is 3. The number of guanidine groups is 1. The second-order valence-electron chi connectivity index (χ2n) is 6.51. The minimum Gasteiger partial charge on any atom is -0.393 e. The van der Waals surface area contributed by atoms with E-state index in [4.69, 9.17) is 0 Å². The van der Waals surface area contributed by atoms with Gasteiger partial charge in [0.1, 0.15) is 0 Å². The second kappa shape index (κ2) is 8.20. The van der Waals surface area contributed by atoms with Crippen LogP contribution in [0, 0.1) is 5.92 Å². The van der Waals surface area contributed by atoms with Crippen molar-refractivity contribution in [3.05, 3.63) is 36.0 Å². The number of rotatable bonds is 6. The van der Waals surface area contributed by atoms with Gasteiger partial charge in [-0.1, -0.05) is 24.6 Å². The molecule has 1 heterocycles. The summed E-state index contributed by atoms with van der Waals surface area (Å²) < 4.78 is 0. The largest absolute Gasteiger partial charge is 0.393 e. The molecule has 3 rings (SSSR count). The molecule has 0 radical (unpaired) electrons. The van der Waals surface area contributed by atoms with Crippen molar-refractivity contribution in [2.75, 3.05) is 19.6 Å². The molecule has 0 saturated heterocycles. The number of hydrogen-bond acceptors (Lipinski definition) is 2. The molecule has 2 aromatic rings. The van der Waals surface area contributed by atoms with E-state index in [-0.39, 0.29) is 6.10 Å². The zero-order valence-electron chi connectivity index (χ0n) is 14.4. The summed E-state index contributed by atoms with van der Waals surface area (Å²) in [7, 11) is 0. The third kappa shape index (κ3) is 4.09. The zero-order valence-corrected chi connectivity index (χ0v) is 14.4. The number of aromatic nitrogens is 1. The molecule has 1 aliphatic carbocycles. The van der Waals surface area contributed by atoms with E-state index in [1.54, 1.807) is 0 Å². The molecule has 24 heavy (non-hydrogen) atoms. The predicted molar refractivity (Wildman–Crippen MR) is 99.3 cm³/mol. The van der Waals surface area contributed by atoms with Crippen molar-refractivity contribution in [1.82, 2.24) is 15.6 Å². The molecule has 1 fully saturated rings. The summed E-state index contributed by atoms with van der Waals surface area (Å²) >= 11 is 0. The average Bonchev–Trinajstić information content (AvgIpc) is 3.19. The molecule has 5 heteroatoms. The van der Waals surface area contributed by atoms with Crippen LogP contribution in [0.1, 0.15) is 31.7 Å². The van der Waals surface area contributed by atoms with Crippen LogP contribution in [-0.4, -0.2) is 41.8 Å². The molecule has 1 aromatic heterocycles. The van der Waals surface area contributed by atoms with Crippen LogP contribution in [0.25, 0.3) is 10.9 Å². The molecule has 1 aromatic carbocycles. The monoisotopic (exact) mass is 328 g/mol. The van der Waals surface area contributed by atoms with Crippen molar-refractivity contribution in [3.63, 3.8) is 0 Å². The van der Waals surface area contributed by atoms with Crippen molar-refractivity contribution in [2.24, 2.45) is 10.9 Å². The van der Waals surface area contributed by atoms with E-state index < -0.39 is 0 Å². The first kappa shape index (κ1) is 16.8. The third-order valence-corrected chi connectivity index (χ3v) is 4.81. The van der Waals surface area contributed by atoms with E-state index >= 15 is 0 Å². The van der Waals surface area contributed by atoms with Crippen LogP contribution in [0.5, 0.6) is 0 Å². The van der Waals surface area contributed by atoms with Crippen LogP contribution in [0.3, 0.4) is 0 Å². The lowest BCUT2D eigenvalue weighted by Gasteiger charge is -2.14. The zero-order chi connectivity index (χ0) is 16.8. The first-order chi connectivity index (χ1) is 11.8. The van der Waals surface area contributed by atoms with Crippen LogP contribution in [0.2, 0.25) is 0 Å². The normalized spacial score (nSPS) is 21.3. The van der Waals surface area contributed by atoms with E-state index in [1.165, 1.54) is 16.5 Å². The van der Waals surface area contributed by atoms with Crippen molar-refractivity contribution >= 4 is 16.9 Å². The Labute approximate surface area is 143 Å². The van der Waals surface area contributed by atoms with Gasteiger partial charge in [0.15, 0.2) is 5.96 Å². The van der Waals surface area contributed by atoms with Gasteiger partial charge >= 0.3 is 0 Å². The lowest BCUT2D eigenvalue weighted by molar-refractivity contribution is 0.136. The molecule has 2 atom stereocenters. The Morgan fingerprint density at radius 2 is 2.17 bits per heavy atom. The van der Waals surface area contributed by atoms with Crippen LogP contribution < -0.4 is 10.6 Å². The van der Waals surface area contributed by atoms with Crippen molar-refractivity contribution in [3.8, 4) is 0 Å². The highest BCUT2D eigenvalue weighted by molar-refractivity contribution is 5.83. The number of nitrogens with zero attached hydrogens (tertiary/aromatic N) is 1. The number of aliphatic hydroxyl groups excluding tert-OH is 1. The van der Waals surface area contributed by atoms with Crippen LogP contribution >= 0.6 is 0 Å². The van der Waals surface area contributed by atoms with E-state index in [2.05, 4.69) is 51.9 Å². The first-order valence-electron chi connectivity index (χ1n) is 9.03. The number of aliphatic imine (C=N–C) groups is 1. The summed E-state index contributed by atoms with van der Waals surface area (Å²) in [6, 6.07) is 8.38. The van der Waals surface area contributed by atoms with E-state index in [0.29, 0.717) is 12.5 Å². The Balaban J connectivity index is 1.54. The maximum Gasteiger partial charge on any atom is 0.191 e.